The number of hydrogen-bond donors (Lipinski definition) is 0. The van der Waals surface area contributed by atoms with Crippen LogP contribution in [0.1, 0.15) is 17.7 Å². The van der Waals surface area contributed by atoms with Crippen LogP contribution in [-0.2, 0) is 11.8 Å². The van der Waals surface area contributed by atoms with E-state index in [1.54, 1.807) is 20.0 Å². The molecule has 0 amide bonds. The minimum absolute atomic E-state index is 0.0125. The first-order valence-corrected chi connectivity index (χ1v) is 11.1. The number of thiophene rings is 1. The Morgan fingerprint density at radius 1 is 1.10 bits per heavy atom. The maximum atomic E-state index is 13.2. The summed E-state index contributed by atoms with van der Waals surface area (Å²) in [5, 5.41) is 3.14. The van der Waals surface area contributed by atoms with Crippen LogP contribution in [0.4, 0.5) is 0 Å². The van der Waals surface area contributed by atoms with Gasteiger partial charge in [0.05, 0.1) is 10.6 Å². The SMILES string of the molecule is CC(=O)C(Sc1nc2scc(-c3ccccc3Cl)c2c(=O)n1C)c1ccccc1. The first kappa shape index (κ1) is 19.9. The van der Waals surface area contributed by atoms with E-state index in [0.717, 1.165) is 16.7 Å². The molecule has 0 spiro atoms. The molecule has 4 nitrogen and oxygen atoms in total. The maximum Gasteiger partial charge on any atom is 0.263 e. The number of thioether (sulfide) groups is 1. The van der Waals surface area contributed by atoms with Crippen molar-refractivity contribution >= 4 is 50.7 Å². The van der Waals surface area contributed by atoms with Crippen molar-refractivity contribution in [3.8, 4) is 11.1 Å². The Bertz CT molecular complexity index is 1270. The molecule has 2 aromatic carbocycles. The molecule has 1 unspecified atom stereocenters. The first-order chi connectivity index (χ1) is 14.0. The molecular weight excluding hydrogens is 424 g/mol. The summed E-state index contributed by atoms with van der Waals surface area (Å²) in [6.45, 7) is 1.56. The lowest BCUT2D eigenvalue weighted by molar-refractivity contribution is -0.116. The Morgan fingerprint density at radius 3 is 2.48 bits per heavy atom. The van der Waals surface area contributed by atoms with Crippen LogP contribution in [0.5, 0.6) is 0 Å². The van der Waals surface area contributed by atoms with Gasteiger partial charge in [0.15, 0.2) is 5.16 Å². The fraction of sp³-hybridized carbons (Fsp3) is 0.136. The number of rotatable bonds is 5. The highest BCUT2D eigenvalue weighted by Gasteiger charge is 2.23. The summed E-state index contributed by atoms with van der Waals surface area (Å²) in [5.74, 6) is 0.0125. The van der Waals surface area contributed by atoms with Crippen molar-refractivity contribution in [3.05, 3.63) is 80.9 Å². The zero-order chi connectivity index (χ0) is 20.5. The average molecular weight is 441 g/mol. The number of Topliss-reactive ketones (excluding diaryl/α,β-unsaturated/α-hetero) is 1. The molecule has 146 valence electrons. The van der Waals surface area contributed by atoms with E-state index in [1.807, 2.05) is 53.9 Å². The Labute approximate surface area is 181 Å². The van der Waals surface area contributed by atoms with E-state index in [-0.39, 0.29) is 11.3 Å². The zero-order valence-electron chi connectivity index (χ0n) is 15.8. The molecule has 0 aliphatic rings. The number of carbonyl (C=O) groups is 1. The van der Waals surface area contributed by atoms with Crippen LogP contribution in [0.2, 0.25) is 5.02 Å². The van der Waals surface area contributed by atoms with Crippen molar-refractivity contribution in [3.63, 3.8) is 0 Å². The molecule has 0 saturated carbocycles. The summed E-state index contributed by atoms with van der Waals surface area (Å²) in [4.78, 5) is 30.8. The van der Waals surface area contributed by atoms with Gasteiger partial charge >= 0.3 is 0 Å². The van der Waals surface area contributed by atoms with Crippen LogP contribution in [-0.4, -0.2) is 15.3 Å². The lowest BCUT2D eigenvalue weighted by atomic mass is 10.1. The van der Waals surface area contributed by atoms with Gasteiger partial charge < -0.3 is 0 Å². The van der Waals surface area contributed by atoms with Gasteiger partial charge in [0.25, 0.3) is 5.56 Å². The topological polar surface area (TPSA) is 52.0 Å². The molecule has 4 aromatic rings. The maximum absolute atomic E-state index is 13.2. The fourth-order valence-electron chi connectivity index (χ4n) is 3.16. The molecule has 7 heteroatoms. The smallest absolute Gasteiger partial charge is 0.263 e. The van der Waals surface area contributed by atoms with Gasteiger partial charge in [-0.15, -0.1) is 11.3 Å². The highest BCUT2D eigenvalue weighted by atomic mass is 35.5. The molecule has 0 fully saturated rings. The largest absolute Gasteiger partial charge is 0.298 e. The van der Waals surface area contributed by atoms with Gasteiger partial charge in [-0.2, -0.15) is 0 Å². The molecule has 0 bridgehead atoms. The lowest BCUT2D eigenvalue weighted by Crippen LogP contribution is -2.20. The second kappa shape index (κ2) is 8.14. The highest BCUT2D eigenvalue weighted by Crippen LogP contribution is 2.38. The monoisotopic (exact) mass is 440 g/mol. The summed E-state index contributed by atoms with van der Waals surface area (Å²) < 4.78 is 1.51. The van der Waals surface area contributed by atoms with E-state index >= 15 is 0 Å². The predicted molar refractivity (Wildman–Crippen MR) is 121 cm³/mol. The van der Waals surface area contributed by atoms with Crippen molar-refractivity contribution < 1.29 is 4.79 Å². The van der Waals surface area contributed by atoms with Gasteiger partial charge in [-0.05, 0) is 18.6 Å². The highest BCUT2D eigenvalue weighted by molar-refractivity contribution is 8.00. The van der Waals surface area contributed by atoms with Crippen LogP contribution in [0, 0.1) is 0 Å². The van der Waals surface area contributed by atoms with Gasteiger partial charge in [-0.3, -0.25) is 14.2 Å². The Balaban J connectivity index is 1.82. The third kappa shape index (κ3) is 3.75. The predicted octanol–water partition coefficient (Wildman–Crippen LogP) is 5.74. The lowest BCUT2D eigenvalue weighted by Gasteiger charge is -2.15. The van der Waals surface area contributed by atoms with Gasteiger partial charge in [0.2, 0.25) is 0 Å². The van der Waals surface area contributed by atoms with Gasteiger partial charge in [0.1, 0.15) is 10.6 Å². The van der Waals surface area contributed by atoms with Crippen molar-refractivity contribution in [2.75, 3.05) is 0 Å². The van der Waals surface area contributed by atoms with Crippen LogP contribution in [0.25, 0.3) is 21.3 Å². The summed E-state index contributed by atoms with van der Waals surface area (Å²) in [5.41, 5.74) is 2.34. The molecule has 0 N–H and O–H groups in total. The standard InChI is InChI=1S/C22H17ClN2O2S2/c1-13(26)19(14-8-4-3-5-9-14)29-22-24-20-18(21(27)25(22)2)16(12-28-20)15-10-6-7-11-17(15)23/h3-12,19H,1-2H3. The average Bonchev–Trinajstić information content (AvgIpc) is 3.14. The summed E-state index contributed by atoms with van der Waals surface area (Å²) in [7, 11) is 1.69. The number of carbonyl (C=O) groups excluding carboxylic acids is 1. The zero-order valence-corrected chi connectivity index (χ0v) is 18.1. The van der Waals surface area contributed by atoms with E-state index in [9.17, 15) is 9.59 Å². The summed E-state index contributed by atoms with van der Waals surface area (Å²) in [6, 6.07) is 17.0. The molecule has 1 atom stereocenters. The molecule has 0 saturated heterocycles. The molecule has 2 heterocycles. The van der Waals surface area contributed by atoms with Crippen LogP contribution >= 0.6 is 34.7 Å². The van der Waals surface area contributed by atoms with E-state index < -0.39 is 5.25 Å². The summed E-state index contributed by atoms with van der Waals surface area (Å²) in [6.07, 6.45) is 0. The Morgan fingerprint density at radius 2 is 1.79 bits per heavy atom. The van der Waals surface area contributed by atoms with Gasteiger partial charge in [-0.25, -0.2) is 4.98 Å². The van der Waals surface area contributed by atoms with E-state index in [4.69, 9.17) is 16.6 Å². The molecule has 0 aliphatic heterocycles. The number of benzene rings is 2. The van der Waals surface area contributed by atoms with E-state index in [0.29, 0.717) is 20.4 Å². The quantitative estimate of drug-likeness (QED) is 0.293. The Kier molecular flexibility index (Phi) is 5.58. The molecule has 0 radical (unpaired) electrons. The summed E-state index contributed by atoms with van der Waals surface area (Å²) >= 11 is 9.05. The number of halogens is 1. The number of nitrogens with zero attached hydrogens (tertiary/aromatic N) is 2. The molecule has 4 rings (SSSR count). The van der Waals surface area contributed by atoms with Crippen LogP contribution < -0.4 is 5.56 Å². The Hall–Kier alpha value is -2.41. The normalized spacial score (nSPS) is 12.2. The van der Waals surface area contributed by atoms with Crippen LogP contribution in [0.15, 0.2) is 69.9 Å². The van der Waals surface area contributed by atoms with Gasteiger partial charge in [0, 0.05) is 28.6 Å². The van der Waals surface area contributed by atoms with Crippen molar-refractivity contribution in [2.45, 2.75) is 17.3 Å². The number of ketones is 1. The van der Waals surface area contributed by atoms with Crippen molar-refractivity contribution in [1.29, 1.82) is 0 Å². The number of fused-ring (bicyclic) bond motifs is 1. The third-order valence-electron chi connectivity index (χ3n) is 4.63. The van der Waals surface area contributed by atoms with Crippen LogP contribution in [0.3, 0.4) is 0 Å². The van der Waals surface area contributed by atoms with E-state index in [2.05, 4.69) is 0 Å². The number of hydrogen-bond acceptors (Lipinski definition) is 5. The third-order valence-corrected chi connectivity index (χ3v) is 7.25. The molecule has 0 aliphatic carbocycles. The van der Waals surface area contributed by atoms with Gasteiger partial charge in [-0.1, -0.05) is 71.9 Å². The second-order valence-electron chi connectivity index (χ2n) is 6.59. The van der Waals surface area contributed by atoms with Crippen molar-refractivity contribution in [1.82, 2.24) is 9.55 Å². The fourth-order valence-corrected chi connectivity index (χ4v) is 5.43. The first-order valence-electron chi connectivity index (χ1n) is 8.92. The molecular formula is C22H17ClN2O2S2. The second-order valence-corrected chi connectivity index (χ2v) is 8.92. The molecule has 2 aromatic heterocycles. The molecule has 29 heavy (non-hydrogen) atoms. The minimum atomic E-state index is -0.422. The van der Waals surface area contributed by atoms with E-state index in [1.165, 1.54) is 27.7 Å². The van der Waals surface area contributed by atoms with Crippen molar-refractivity contribution in [2.24, 2.45) is 7.05 Å². The number of aromatic nitrogens is 2. The minimum Gasteiger partial charge on any atom is -0.298 e.